The van der Waals surface area contributed by atoms with Gasteiger partial charge in [0.25, 0.3) is 0 Å². The summed E-state index contributed by atoms with van der Waals surface area (Å²) in [6, 6.07) is 8.13. The molecular formula is C24H38N4O2. The van der Waals surface area contributed by atoms with Crippen molar-refractivity contribution in [3.05, 3.63) is 29.8 Å². The summed E-state index contributed by atoms with van der Waals surface area (Å²) in [6.07, 6.45) is 2.52. The highest BCUT2D eigenvalue weighted by Gasteiger charge is 2.39. The van der Waals surface area contributed by atoms with Gasteiger partial charge in [0.1, 0.15) is 0 Å². The number of rotatable bonds is 7. The molecule has 3 rings (SSSR count). The Labute approximate surface area is 181 Å². The number of carbonyl (C=O) groups is 2. The first-order chi connectivity index (χ1) is 14.2. The molecule has 30 heavy (non-hydrogen) atoms. The predicted molar refractivity (Wildman–Crippen MR) is 122 cm³/mol. The third-order valence-corrected chi connectivity index (χ3v) is 6.35. The van der Waals surface area contributed by atoms with Crippen LogP contribution < -0.4 is 10.2 Å². The minimum absolute atomic E-state index is 0.0469. The molecule has 2 fully saturated rings. The topological polar surface area (TPSA) is 55.9 Å². The normalized spacial score (nSPS) is 21.5. The monoisotopic (exact) mass is 414 g/mol. The number of piperidine rings is 1. The number of hydrogen-bond acceptors (Lipinski definition) is 4. The highest BCUT2D eigenvalue weighted by atomic mass is 16.2. The molecule has 166 valence electrons. The third-order valence-electron chi connectivity index (χ3n) is 6.35. The van der Waals surface area contributed by atoms with Crippen molar-refractivity contribution in [3.63, 3.8) is 0 Å². The summed E-state index contributed by atoms with van der Waals surface area (Å²) in [4.78, 5) is 32.0. The van der Waals surface area contributed by atoms with Gasteiger partial charge in [0.05, 0.1) is 6.04 Å². The molecule has 0 bridgehead atoms. The van der Waals surface area contributed by atoms with Crippen LogP contribution in [0.4, 0.5) is 5.69 Å². The Balaban J connectivity index is 1.48. The number of hydrogen-bond donors (Lipinski definition) is 1. The van der Waals surface area contributed by atoms with Crippen LogP contribution in [0.2, 0.25) is 0 Å². The van der Waals surface area contributed by atoms with Gasteiger partial charge in [0.2, 0.25) is 11.8 Å². The van der Waals surface area contributed by atoms with Gasteiger partial charge in [-0.15, -0.1) is 0 Å². The van der Waals surface area contributed by atoms with E-state index in [1.54, 1.807) is 0 Å². The molecule has 2 amide bonds. The maximum absolute atomic E-state index is 13.0. The van der Waals surface area contributed by atoms with Gasteiger partial charge < -0.3 is 15.1 Å². The van der Waals surface area contributed by atoms with Gasteiger partial charge in [-0.25, -0.2) is 0 Å². The molecule has 0 spiro atoms. The molecule has 1 aromatic carbocycles. The number of nitrogens with one attached hydrogen (secondary N) is 1. The van der Waals surface area contributed by atoms with Crippen LogP contribution in [0.15, 0.2) is 24.3 Å². The molecule has 0 radical (unpaired) electrons. The van der Waals surface area contributed by atoms with Gasteiger partial charge in [-0.2, -0.15) is 0 Å². The fraction of sp³-hybridized carbons (Fsp3) is 0.667. The number of nitrogens with zero attached hydrogens (tertiary/aromatic N) is 3. The third kappa shape index (κ3) is 5.61. The Morgan fingerprint density at radius 2 is 1.73 bits per heavy atom. The quantitative estimate of drug-likeness (QED) is 0.745. The van der Waals surface area contributed by atoms with E-state index in [2.05, 4.69) is 62.1 Å². The van der Waals surface area contributed by atoms with E-state index in [0.717, 1.165) is 51.1 Å². The van der Waals surface area contributed by atoms with Crippen molar-refractivity contribution in [2.75, 3.05) is 51.7 Å². The molecule has 2 aliphatic rings. The first kappa shape index (κ1) is 22.8. The molecule has 0 saturated carbocycles. The average Bonchev–Trinajstić information content (AvgIpc) is 3.07. The fourth-order valence-electron chi connectivity index (χ4n) is 4.84. The zero-order valence-corrected chi connectivity index (χ0v) is 19.3. The highest BCUT2D eigenvalue weighted by molar-refractivity contribution is 5.99. The summed E-state index contributed by atoms with van der Waals surface area (Å²) in [5.74, 6) is 0.425. The SMILES string of the molecule is Cc1ccc(N2CC[C@H](N3CCC(C(=O)NCC(C)(C)CN(C)C)CC3)C2=O)cc1. The first-order valence-electron chi connectivity index (χ1n) is 11.2. The van der Waals surface area contributed by atoms with Crippen LogP contribution in [0, 0.1) is 18.3 Å². The number of benzene rings is 1. The largest absolute Gasteiger partial charge is 0.355 e. The van der Waals surface area contributed by atoms with Crippen LogP contribution in [-0.2, 0) is 9.59 Å². The molecule has 1 aromatic rings. The molecular weight excluding hydrogens is 376 g/mol. The summed E-state index contributed by atoms with van der Waals surface area (Å²) >= 11 is 0. The minimum atomic E-state index is -0.0469. The lowest BCUT2D eigenvalue weighted by molar-refractivity contribution is -0.127. The van der Waals surface area contributed by atoms with Gasteiger partial charge in [-0.3, -0.25) is 14.5 Å². The van der Waals surface area contributed by atoms with Gasteiger partial charge in [0.15, 0.2) is 0 Å². The maximum atomic E-state index is 13.0. The lowest BCUT2D eigenvalue weighted by Gasteiger charge is -2.35. The van der Waals surface area contributed by atoms with Crippen molar-refractivity contribution >= 4 is 17.5 Å². The number of anilines is 1. The molecule has 0 unspecified atom stereocenters. The minimum Gasteiger partial charge on any atom is -0.355 e. The van der Waals surface area contributed by atoms with E-state index in [1.807, 2.05) is 17.0 Å². The van der Waals surface area contributed by atoms with E-state index in [1.165, 1.54) is 5.56 Å². The van der Waals surface area contributed by atoms with E-state index in [4.69, 9.17) is 0 Å². The lowest BCUT2D eigenvalue weighted by Crippen LogP contribution is -2.49. The van der Waals surface area contributed by atoms with Gasteiger partial charge >= 0.3 is 0 Å². The summed E-state index contributed by atoms with van der Waals surface area (Å²) in [7, 11) is 4.12. The number of carbonyl (C=O) groups excluding carboxylic acids is 2. The number of aryl methyl sites for hydroxylation is 1. The van der Waals surface area contributed by atoms with Crippen LogP contribution in [-0.4, -0.2) is 74.5 Å². The van der Waals surface area contributed by atoms with Crippen molar-refractivity contribution in [3.8, 4) is 0 Å². The van der Waals surface area contributed by atoms with Crippen LogP contribution >= 0.6 is 0 Å². The van der Waals surface area contributed by atoms with Gasteiger partial charge in [-0.05, 0) is 70.9 Å². The van der Waals surface area contributed by atoms with Crippen molar-refractivity contribution in [2.24, 2.45) is 11.3 Å². The second kappa shape index (κ2) is 9.48. The van der Waals surface area contributed by atoms with E-state index in [9.17, 15) is 9.59 Å². The molecule has 0 aliphatic carbocycles. The smallest absolute Gasteiger partial charge is 0.244 e. The standard InChI is InChI=1S/C24H38N4O2/c1-18-6-8-20(9-7-18)28-15-12-21(23(28)30)27-13-10-19(11-14-27)22(29)25-16-24(2,3)17-26(4)5/h6-9,19,21H,10-17H2,1-5H3,(H,25,29)/t21-/m0/s1. The second-order valence-corrected chi connectivity index (χ2v) is 10.1. The maximum Gasteiger partial charge on any atom is 0.244 e. The fourth-order valence-corrected chi connectivity index (χ4v) is 4.84. The molecule has 6 heteroatoms. The van der Waals surface area contributed by atoms with Gasteiger partial charge in [0, 0.05) is 31.2 Å². The van der Waals surface area contributed by atoms with Crippen LogP contribution in [0.25, 0.3) is 0 Å². The first-order valence-corrected chi connectivity index (χ1v) is 11.2. The highest BCUT2D eigenvalue weighted by Crippen LogP contribution is 2.28. The average molecular weight is 415 g/mol. The zero-order chi connectivity index (χ0) is 21.9. The van der Waals surface area contributed by atoms with E-state index in [-0.39, 0.29) is 29.2 Å². The number of amides is 2. The van der Waals surface area contributed by atoms with Crippen LogP contribution in [0.1, 0.15) is 38.7 Å². The number of likely N-dealkylation sites (tertiary alicyclic amines) is 1. The van der Waals surface area contributed by atoms with Crippen LogP contribution in [0.5, 0.6) is 0 Å². The summed E-state index contributed by atoms with van der Waals surface area (Å²) in [5.41, 5.74) is 2.24. The van der Waals surface area contributed by atoms with Crippen molar-refractivity contribution in [2.45, 2.75) is 46.1 Å². The van der Waals surface area contributed by atoms with Gasteiger partial charge in [-0.1, -0.05) is 31.5 Å². The van der Waals surface area contributed by atoms with E-state index < -0.39 is 0 Å². The van der Waals surface area contributed by atoms with Crippen LogP contribution in [0.3, 0.4) is 0 Å². The molecule has 1 atom stereocenters. The zero-order valence-electron chi connectivity index (χ0n) is 19.3. The predicted octanol–water partition coefficient (Wildman–Crippen LogP) is 2.52. The molecule has 2 heterocycles. The molecule has 2 aliphatic heterocycles. The van der Waals surface area contributed by atoms with E-state index in [0.29, 0.717) is 6.54 Å². The summed E-state index contributed by atoms with van der Waals surface area (Å²) < 4.78 is 0. The molecule has 0 aromatic heterocycles. The van der Waals surface area contributed by atoms with Crippen molar-refractivity contribution in [1.29, 1.82) is 0 Å². The second-order valence-electron chi connectivity index (χ2n) is 10.1. The Hall–Kier alpha value is -1.92. The Bertz CT molecular complexity index is 736. The molecule has 2 saturated heterocycles. The van der Waals surface area contributed by atoms with Crippen molar-refractivity contribution < 1.29 is 9.59 Å². The van der Waals surface area contributed by atoms with E-state index >= 15 is 0 Å². The molecule has 6 nitrogen and oxygen atoms in total. The summed E-state index contributed by atoms with van der Waals surface area (Å²) in [6.45, 7) is 10.5. The Kier molecular flexibility index (Phi) is 7.19. The Morgan fingerprint density at radius 1 is 1.10 bits per heavy atom. The van der Waals surface area contributed by atoms with Crippen molar-refractivity contribution in [1.82, 2.24) is 15.1 Å². The summed E-state index contributed by atoms with van der Waals surface area (Å²) in [5, 5.41) is 3.16. The Morgan fingerprint density at radius 3 is 2.33 bits per heavy atom. The lowest BCUT2D eigenvalue weighted by atomic mass is 9.91. The molecule has 1 N–H and O–H groups in total.